The third-order valence-electron chi connectivity index (χ3n) is 3.86. The molecule has 0 unspecified atom stereocenters. The van der Waals surface area contributed by atoms with E-state index in [2.05, 4.69) is 4.90 Å². The van der Waals surface area contributed by atoms with Gasteiger partial charge in [-0.3, -0.25) is 4.90 Å². The Labute approximate surface area is 94.0 Å². The van der Waals surface area contributed by atoms with Crippen molar-refractivity contribution in [2.45, 2.75) is 51.0 Å². The summed E-state index contributed by atoms with van der Waals surface area (Å²) in [5, 5.41) is 0. The molecule has 0 amide bonds. The van der Waals surface area contributed by atoms with Crippen molar-refractivity contribution in [1.29, 1.82) is 0 Å². The van der Waals surface area contributed by atoms with Gasteiger partial charge in [0.2, 0.25) is 0 Å². The smallest absolute Gasteiger partial charge is 0.0589 e. The Morgan fingerprint density at radius 3 is 2.40 bits per heavy atom. The molecule has 2 rings (SSSR count). The highest BCUT2D eigenvalue weighted by atomic mass is 16.5. The van der Waals surface area contributed by atoms with Crippen LogP contribution in [0.2, 0.25) is 0 Å². The normalized spacial score (nSPS) is 23.6. The number of methoxy groups -OCH3 is 1. The highest BCUT2D eigenvalue weighted by Crippen LogP contribution is 2.32. The number of ether oxygens (including phenoxy) is 1. The zero-order valence-corrected chi connectivity index (χ0v) is 10.1. The summed E-state index contributed by atoms with van der Waals surface area (Å²) in [7, 11) is 1.82. The Balaban J connectivity index is 1.78. The zero-order valence-electron chi connectivity index (χ0n) is 10.1. The van der Waals surface area contributed by atoms with E-state index in [4.69, 9.17) is 4.74 Å². The molecule has 2 heteroatoms. The van der Waals surface area contributed by atoms with Gasteiger partial charge >= 0.3 is 0 Å². The Kier molecular flexibility index (Phi) is 4.45. The van der Waals surface area contributed by atoms with E-state index < -0.39 is 0 Å². The van der Waals surface area contributed by atoms with Crippen molar-refractivity contribution in [1.82, 2.24) is 4.90 Å². The zero-order chi connectivity index (χ0) is 10.5. The first-order valence-electron chi connectivity index (χ1n) is 6.63. The van der Waals surface area contributed by atoms with Crippen LogP contribution < -0.4 is 0 Å². The lowest BCUT2D eigenvalue weighted by atomic mass is 9.94. The van der Waals surface area contributed by atoms with Crippen molar-refractivity contribution >= 4 is 0 Å². The lowest BCUT2D eigenvalue weighted by Crippen LogP contribution is -2.40. The number of hydrogen-bond donors (Lipinski definition) is 0. The SMILES string of the molecule is COCCN(CC1CC1)C1CCCCC1. The fraction of sp³-hybridized carbons (Fsp3) is 1.00. The summed E-state index contributed by atoms with van der Waals surface area (Å²) in [5.74, 6) is 1.02. The van der Waals surface area contributed by atoms with Gasteiger partial charge in [0.15, 0.2) is 0 Å². The van der Waals surface area contributed by atoms with Crippen LogP contribution in [0, 0.1) is 5.92 Å². The summed E-state index contributed by atoms with van der Waals surface area (Å²) in [4.78, 5) is 2.71. The topological polar surface area (TPSA) is 12.5 Å². The summed E-state index contributed by atoms with van der Waals surface area (Å²) in [6, 6.07) is 0.870. The molecule has 0 atom stereocenters. The van der Waals surface area contributed by atoms with E-state index in [1.165, 1.54) is 51.5 Å². The molecule has 2 saturated carbocycles. The average Bonchev–Trinajstić information content (AvgIpc) is 3.09. The molecule has 2 nitrogen and oxygen atoms in total. The minimum atomic E-state index is 0.870. The highest BCUT2D eigenvalue weighted by molar-refractivity contribution is 4.82. The van der Waals surface area contributed by atoms with Crippen LogP contribution in [0.25, 0.3) is 0 Å². The van der Waals surface area contributed by atoms with Crippen LogP contribution in [0.5, 0.6) is 0 Å². The van der Waals surface area contributed by atoms with Crippen molar-refractivity contribution < 1.29 is 4.74 Å². The number of hydrogen-bond acceptors (Lipinski definition) is 2. The fourth-order valence-electron chi connectivity index (χ4n) is 2.71. The quantitative estimate of drug-likeness (QED) is 0.670. The largest absolute Gasteiger partial charge is 0.383 e. The average molecular weight is 211 g/mol. The molecule has 0 N–H and O–H groups in total. The van der Waals surface area contributed by atoms with Gasteiger partial charge in [-0.05, 0) is 31.6 Å². The summed E-state index contributed by atoms with van der Waals surface area (Å²) >= 11 is 0. The standard InChI is InChI=1S/C13H25NO/c1-15-10-9-14(11-12-7-8-12)13-5-3-2-4-6-13/h12-13H,2-11H2,1H3. The second-order valence-corrected chi connectivity index (χ2v) is 5.22. The third-order valence-corrected chi connectivity index (χ3v) is 3.86. The van der Waals surface area contributed by atoms with Crippen molar-refractivity contribution in [3.05, 3.63) is 0 Å². The predicted octanol–water partition coefficient (Wildman–Crippen LogP) is 2.68. The van der Waals surface area contributed by atoms with Crippen LogP contribution in [-0.4, -0.2) is 37.7 Å². The van der Waals surface area contributed by atoms with Crippen molar-refractivity contribution in [3.63, 3.8) is 0 Å². The molecule has 2 aliphatic rings. The van der Waals surface area contributed by atoms with Crippen LogP contribution in [0.1, 0.15) is 44.9 Å². The molecule has 88 valence electrons. The monoisotopic (exact) mass is 211 g/mol. The Morgan fingerprint density at radius 1 is 1.07 bits per heavy atom. The van der Waals surface area contributed by atoms with E-state index in [1.807, 2.05) is 7.11 Å². The van der Waals surface area contributed by atoms with E-state index >= 15 is 0 Å². The van der Waals surface area contributed by atoms with Crippen LogP contribution in [0.3, 0.4) is 0 Å². The van der Waals surface area contributed by atoms with Crippen molar-refractivity contribution in [2.75, 3.05) is 26.8 Å². The maximum absolute atomic E-state index is 5.22. The Hall–Kier alpha value is -0.0800. The van der Waals surface area contributed by atoms with Gasteiger partial charge in [-0.2, -0.15) is 0 Å². The summed E-state index contributed by atoms with van der Waals surface area (Å²) in [6.07, 6.45) is 10.1. The molecular formula is C13H25NO. The van der Waals surface area contributed by atoms with Gasteiger partial charge < -0.3 is 4.74 Å². The van der Waals surface area contributed by atoms with Crippen molar-refractivity contribution in [2.24, 2.45) is 5.92 Å². The van der Waals surface area contributed by atoms with Gasteiger partial charge in [0.05, 0.1) is 6.61 Å². The molecule has 0 aromatic carbocycles. The molecule has 15 heavy (non-hydrogen) atoms. The molecule has 0 aromatic rings. The maximum Gasteiger partial charge on any atom is 0.0589 e. The summed E-state index contributed by atoms with van der Waals surface area (Å²) in [5.41, 5.74) is 0. The molecule has 0 radical (unpaired) electrons. The predicted molar refractivity (Wildman–Crippen MR) is 63.0 cm³/mol. The number of rotatable bonds is 6. The first kappa shape index (κ1) is 11.4. The van der Waals surface area contributed by atoms with Crippen LogP contribution in [-0.2, 0) is 4.74 Å². The molecule has 0 spiro atoms. The van der Waals surface area contributed by atoms with Gasteiger partial charge in [-0.15, -0.1) is 0 Å². The summed E-state index contributed by atoms with van der Waals surface area (Å²) in [6.45, 7) is 3.40. The van der Waals surface area contributed by atoms with Crippen LogP contribution in [0.15, 0.2) is 0 Å². The minimum Gasteiger partial charge on any atom is -0.383 e. The van der Waals surface area contributed by atoms with Gasteiger partial charge in [0.1, 0.15) is 0 Å². The van der Waals surface area contributed by atoms with Gasteiger partial charge in [-0.1, -0.05) is 19.3 Å². The fourth-order valence-corrected chi connectivity index (χ4v) is 2.71. The molecule has 0 aromatic heterocycles. The lowest BCUT2D eigenvalue weighted by molar-refractivity contribution is 0.0983. The molecule has 0 heterocycles. The molecule has 0 bridgehead atoms. The van der Waals surface area contributed by atoms with E-state index in [1.54, 1.807) is 0 Å². The van der Waals surface area contributed by atoms with Gasteiger partial charge in [0, 0.05) is 26.2 Å². The molecular weight excluding hydrogens is 186 g/mol. The second kappa shape index (κ2) is 5.86. The molecule has 0 aliphatic heterocycles. The van der Waals surface area contributed by atoms with E-state index in [9.17, 15) is 0 Å². The van der Waals surface area contributed by atoms with Gasteiger partial charge in [-0.25, -0.2) is 0 Å². The van der Waals surface area contributed by atoms with Gasteiger partial charge in [0.25, 0.3) is 0 Å². The molecule has 2 fully saturated rings. The molecule has 0 saturated heterocycles. The Morgan fingerprint density at radius 2 is 1.80 bits per heavy atom. The lowest BCUT2D eigenvalue weighted by Gasteiger charge is -2.34. The first-order valence-corrected chi connectivity index (χ1v) is 6.63. The minimum absolute atomic E-state index is 0.870. The third kappa shape index (κ3) is 3.76. The van der Waals surface area contributed by atoms with Crippen molar-refractivity contribution in [3.8, 4) is 0 Å². The maximum atomic E-state index is 5.22. The van der Waals surface area contributed by atoms with Crippen LogP contribution >= 0.6 is 0 Å². The van der Waals surface area contributed by atoms with E-state index in [0.717, 1.165) is 25.1 Å². The Bertz CT molecular complexity index is 173. The summed E-state index contributed by atoms with van der Waals surface area (Å²) < 4.78 is 5.22. The van der Waals surface area contributed by atoms with E-state index in [-0.39, 0.29) is 0 Å². The molecule has 2 aliphatic carbocycles. The highest BCUT2D eigenvalue weighted by Gasteiger charge is 2.28. The second-order valence-electron chi connectivity index (χ2n) is 5.22. The number of nitrogens with zero attached hydrogens (tertiary/aromatic N) is 1. The van der Waals surface area contributed by atoms with Crippen LogP contribution in [0.4, 0.5) is 0 Å². The first-order chi connectivity index (χ1) is 7.40. The van der Waals surface area contributed by atoms with E-state index in [0.29, 0.717) is 0 Å².